The molecular formula is C10H23NO3S. The minimum absolute atomic E-state index is 0.101. The zero-order chi connectivity index (χ0) is 12.1. The third-order valence-corrected chi connectivity index (χ3v) is 3.73. The van der Waals surface area contributed by atoms with Crippen LogP contribution in [0.3, 0.4) is 0 Å². The molecule has 0 aliphatic heterocycles. The maximum absolute atomic E-state index is 11.6. The Morgan fingerprint density at radius 1 is 1.20 bits per heavy atom. The topological polar surface area (TPSA) is 66.4 Å². The van der Waals surface area contributed by atoms with Gasteiger partial charge in [-0.3, -0.25) is 0 Å². The molecule has 15 heavy (non-hydrogen) atoms. The van der Waals surface area contributed by atoms with Crippen LogP contribution >= 0.6 is 0 Å². The molecule has 0 heterocycles. The lowest BCUT2D eigenvalue weighted by Gasteiger charge is -2.20. The molecule has 0 aliphatic rings. The highest BCUT2D eigenvalue weighted by Gasteiger charge is 2.19. The predicted octanol–water partition coefficient (Wildman–Crippen LogP) is 0.969. The highest BCUT2D eigenvalue weighted by molar-refractivity contribution is 7.89. The minimum Gasteiger partial charge on any atom is -0.395 e. The van der Waals surface area contributed by atoms with Crippen molar-refractivity contribution in [1.82, 2.24) is 4.72 Å². The maximum Gasteiger partial charge on any atom is 0.211 e. The van der Waals surface area contributed by atoms with Crippen molar-refractivity contribution < 1.29 is 13.5 Å². The molecule has 0 aromatic rings. The minimum atomic E-state index is -3.24. The number of aliphatic hydroxyl groups excluding tert-OH is 1. The average molecular weight is 237 g/mol. The van der Waals surface area contributed by atoms with Gasteiger partial charge in [0.05, 0.1) is 12.4 Å². The Balaban J connectivity index is 4.23. The van der Waals surface area contributed by atoms with E-state index in [1.807, 2.05) is 27.7 Å². The summed E-state index contributed by atoms with van der Waals surface area (Å²) in [5, 5.41) is 9.01. The second-order valence-electron chi connectivity index (χ2n) is 4.65. The van der Waals surface area contributed by atoms with Crippen LogP contribution < -0.4 is 4.72 Å². The summed E-state index contributed by atoms with van der Waals surface area (Å²) in [6.07, 6.45) is 0.644. The fourth-order valence-corrected chi connectivity index (χ4v) is 2.77. The van der Waals surface area contributed by atoms with Gasteiger partial charge in [0.1, 0.15) is 0 Å². The molecule has 0 rings (SSSR count). The zero-order valence-corrected chi connectivity index (χ0v) is 10.8. The van der Waals surface area contributed by atoms with Crippen molar-refractivity contribution in [2.45, 2.75) is 40.2 Å². The van der Waals surface area contributed by atoms with Crippen LogP contribution in [-0.4, -0.2) is 31.9 Å². The first-order valence-corrected chi connectivity index (χ1v) is 7.04. The fourth-order valence-electron chi connectivity index (χ4n) is 1.06. The van der Waals surface area contributed by atoms with Crippen LogP contribution in [0, 0.1) is 11.8 Å². The summed E-state index contributed by atoms with van der Waals surface area (Å²) in [4.78, 5) is 0. The summed E-state index contributed by atoms with van der Waals surface area (Å²) in [7, 11) is -3.24. The maximum atomic E-state index is 11.6. The lowest BCUT2D eigenvalue weighted by atomic mass is 10.1. The lowest BCUT2D eigenvalue weighted by molar-refractivity contribution is 0.227. The monoisotopic (exact) mass is 237 g/mol. The Hall–Kier alpha value is -0.130. The van der Waals surface area contributed by atoms with Gasteiger partial charge in [-0.25, -0.2) is 13.1 Å². The molecule has 0 bridgehead atoms. The average Bonchev–Trinajstić information content (AvgIpc) is 2.11. The van der Waals surface area contributed by atoms with Crippen LogP contribution in [0.2, 0.25) is 0 Å². The first-order chi connectivity index (χ1) is 6.78. The van der Waals surface area contributed by atoms with Crippen LogP contribution in [0.1, 0.15) is 34.1 Å². The fraction of sp³-hybridized carbons (Fsp3) is 1.00. The van der Waals surface area contributed by atoms with Crippen LogP contribution in [0.5, 0.6) is 0 Å². The standard InChI is InChI=1S/C10H23NO3S/c1-8(2)5-6-15(13,14)11-10(7-12)9(3)4/h8-12H,5-7H2,1-4H3. The Bertz CT molecular complexity index is 260. The zero-order valence-electron chi connectivity index (χ0n) is 10.0. The number of hydrogen-bond donors (Lipinski definition) is 2. The Kier molecular flexibility index (Phi) is 6.40. The molecule has 1 unspecified atom stereocenters. The molecule has 0 fully saturated rings. The van der Waals surface area contributed by atoms with Crippen molar-refractivity contribution in [2.24, 2.45) is 11.8 Å². The number of hydrogen-bond acceptors (Lipinski definition) is 3. The molecular weight excluding hydrogens is 214 g/mol. The molecule has 92 valence electrons. The largest absolute Gasteiger partial charge is 0.395 e. The Labute approximate surface area is 93.1 Å². The number of sulfonamides is 1. The number of aliphatic hydroxyl groups is 1. The van der Waals surface area contributed by atoms with Gasteiger partial charge in [-0.05, 0) is 18.3 Å². The van der Waals surface area contributed by atoms with Crippen molar-refractivity contribution in [3.05, 3.63) is 0 Å². The highest BCUT2D eigenvalue weighted by atomic mass is 32.2. The van der Waals surface area contributed by atoms with E-state index >= 15 is 0 Å². The molecule has 0 aliphatic carbocycles. The molecule has 2 N–H and O–H groups in total. The molecule has 4 nitrogen and oxygen atoms in total. The van der Waals surface area contributed by atoms with E-state index in [-0.39, 0.29) is 24.3 Å². The van der Waals surface area contributed by atoms with E-state index in [9.17, 15) is 8.42 Å². The summed E-state index contributed by atoms with van der Waals surface area (Å²) in [5.41, 5.74) is 0. The van der Waals surface area contributed by atoms with E-state index in [4.69, 9.17) is 5.11 Å². The summed E-state index contributed by atoms with van der Waals surface area (Å²) in [6.45, 7) is 7.58. The normalized spacial score (nSPS) is 14.9. The molecule has 0 aromatic carbocycles. The number of nitrogens with one attached hydrogen (secondary N) is 1. The van der Waals surface area contributed by atoms with Gasteiger partial charge < -0.3 is 5.11 Å². The van der Waals surface area contributed by atoms with E-state index in [0.717, 1.165) is 0 Å². The summed E-state index contributed by atoms with van der Waals surface area (Å²) >= 11 is 0. The van der Waals surface area contributed by atoms with Crippen molar-refractivity contribution in [2.75, 3.05) is 12.4 Å². The number of rotatable bonds is 7. The van der Waals surface area contributed by atoms with Gasteiger partial charge in [0, 0.05) is 6.04 Å². The SMILES string of the molecule is CC(C)CCS(=O)(=O)NC(CO)C(C)C. The molecule has 0 saturated heterocycles. The van der Waals surface area contributed by atoms with Crippen LogP contribution in [0.15, 0.2) is 0 Å². The van der Waals surface area contributed by atoms with Gasteiger partial charge in [-0.15, -0.1) is 0 Å². The van der Waals surface area contributed by atoms with Crippen LogP contribution in [0.25, 0.3) is 0 Å². The van der Waals surface area contributed by atoms with Crippen molar-refractivity contribution >= 4 is 10.0 Å². The van der Waals surface area contributed by atoms with E-state index in [1.165, 1.54) is 0 Å². The third-order valence-electron chi connectivity index (χ3n) is 2.30. The van der Waals surface area contributed by atoms with Gasteiger partial charge in [-0.2, -0.15) is 0 Å². The first kappa shape index (κ1) is 14.9. The van der Waals surface area contributed by atoms with Crippen molar-refractivity contribution in [3.63, 3.8) is 0 Å². The van der Waals surface area contributed by atoms with Gasteiger partial charge in [-0.1, -0.05) is 27.7 Å². The van der Waals surface area contributed by atoms with Crippen molar-refractivity contribution in [1.29, 1.82) is 0 Å². The molecule has 0 spiro atoms. The van der Waals surface area contributed by atoms with E-state index in [0.29, 0.717) is 12.3 Å². The van der Waals surface area contributed by atoms with Crippen molar-refractivity contribution in [3.8, 4) is 0 Å². The molecule has 0 aromatic heterocycles. The summed E-state index contributed by atoms with van der Waals surface area (Å²) < 4.78 is 25.7. The van der Waals surface area contributed by atoms with Gasteiger partial charge >= 0.3 is 0 Å². The van der Waals surface area contributed by atoms with Crippen LogP contribution in [0.4, 0.5) is 0 Å². The second-order valence-corrected chi connectivity index (χ2v) is 6.53. The lowest BCUT2D eigenvalue weighted by Crippen LogP contribution is -2.42. The van der Waals surface area contributed by atoms with E-state index < -0.39 is 10.0 Å². The highest BCUT2D eigenvalue weighted by Crippen LogP contribution is 2.06. The smallest absolute Gasteiger partial charge is 0.211 e. The molecule has 0 radical (unpaired) electrons. The Morgan fingerprint density at radius 3 is 2.07 bits per heavy atom. The first-order valence-electron chi connectivity index (χ1n) is 5.39. The molecule has 0 amide bonds. The molecule has 0 saturated carbocycles. The van der Waals surface area contributed by atoms with Gasteiger partial charge in [0.15, 0.2) is 0 Å². The quantitative estimate of drug-likeness (QED) is 0.693. The van der Waals surface area contributed by atoms with Gasteiger partial charge in [0.2, 0.25) is 10.0 Å². The van der Waals surface area contributed by atoms with E-state index in [1.54, 1.807) is 0 Å². The summed E-state index contributed by atoms with van der Waals surface area (Å²) in [5.74, 6) is 0.602. The van der Waals surface area contributed by atoms with E-state index in [2.05, 4.69) is 4.72 Å². The molecule has 1 atom stereocenters. The molecule has 5 heteroatoms. The summed E-state index contributed by atoms with van der Waals surface area (Å²) in [6, 6.07) is -0.373. The van der Waals surface area contributed by atoms with Crippen LogP contribution in [-0.2, 0) is 10.0 Å². The Morgan fingerprint density at radius 2 is 1.73 bits per heavy atom. The predicted molar refractivity (Wildman–Crippen MR) is 62.1 cm³/mol. The second kappa shape index (κ2) is 6.45. The van der Waals surface area contributed by atoms with Gasteiger partial charge in [0.25, 0.3) is 0 Å². The third kappa shape index (κ3) is 6.87.